The Morgan fingerprint density at radius 3 is 0.635 bits per heavy atom. The van der Waals surface area contributed by atoms with Crippen LogP contribution >= 0.6 is 0 Å². The maximum atomic E-state index is 8.00. The van der Waals surface area contributed by atoms with Gasteiger partial charge < -0.3 is 16.5 Å². The van der Waals surface area contributed by atoms with E-state index in [0.29, 0.717) is 0 Å². The molecule has 0 radical (unpaired) electrons. The largest absolute Gasteiger partial charge is 0.416 e. The second-order valence-corrected chi connectivity index (χ2v) is 32.4. The van der Waals surface area contributed by atoms with Crippen molar-refractivity contribution in [2.24, 2.45) is 0 Å². The van der Waals surface area contributed by atoms with Crippen molar-refractivity contribution in [1.29, 1.82) is 0 Å². The smallest absolute Gasteiger partial charge is 0.320 e. The Morgan fingerprint density at radius 1 is 0.231 bits per heavy atom. The lowest BCUT2D eigenvalue weighted by Crippen LogP contribution is -2.67. The van der Waals surface area contributed by atoms with Crippen molar-refractivity contribution in [1.82, 2.24) is 0 Å². The molecule has 0 N–H and O–H groups in total. The van der Waals surface area contributed by atoms with Crippen LogP contribution in [0.5, 0.6) is 0 Å². The molecule has 0 aromatic carbocycles. The summed E-state index contributed by atoms with van der Waals surface area (Å²) in [5, 5.41) is 0. The molecule has 1 saturated heterocycles. The van der Waals surface area contributed by atoms with E-state index in [1.165, 1.54) is 205 Å². The van der Waals surface area contributed by atoms with Crippen LogP contribution in [0, 0.1) is 0 Å². The summed E-state index contributed by atoms with van der Waals surface area (Å²) >= 11 is 0. The van der Waals surface area contributed by atoms with Crippen LogP contribution < -0.4 is 0 Å². The third kappa shape index (κ3) is 26.5. The maximum absolute atomic E-state index is 8.00. The van der Waals surface area contributed by atoms with Crippen molar-refractivity contribution in [3.8, 4) is 0 Å². The minimum absolute atomic E-state index is 1.15. The van der Waals surface area contributed by atoms with Crippen molar-refractivity contribution in [3.05, 3.63) is 0 Å². The first kappa shape index (κ1) is 50.7. The van der Waals surface area contributed by atoms with Crippen molar-refractivity contribution >= 4 is 34.2 Å². The molecule has 0 atom stereocenters. The second-order valence-electron chi connectivity index (χ2n) is 17.9. The molecule has 52 heavy (non-hydrogen) atoms. The standard InChI is InChI=1S/C44H96O4Si4/c1-9-13-17-21-25-29-33-37-41-51(42-38-34-30-26-22-18-14-10-2)46-49(5,6)45-50(7,8)47-52(48-51,43-39-35-31-27-23-19-15-11-3)44-40-36-32-28-24-20-16-12-4/h9-44H2,1-8H3. The summed E-state index contributed by atoms with van der Waals surface area (Å²) in [7, 11) is -9.92. The van der Waals surface area contributed by atoms with Gasteiger partial charge in [0.05, 0.1) is 0 Å². The van der Waals surface area contributed by atoms with Crippen LogP contribution in [0.3, 0.4) is 0 Å². The first-order valence-electron chi connectivity index (χ1n) is 23.9. The summed E-state index contributed by atoms with van der Waals surface area (Å²) in [5.74, 6) is 0. The molecule has 8 heteroatoms. The minimum Gasteiger partial charge on any atom is -0.416 e. The van der Waals surface area contributed by atoms with Crippen LogP contribution in [0.1, 0.15) is 233 Å². The van der Waals surface area contributed by atoms with Gasteiger partial charge in [0.1, 0.15) is 0 Å². The maximum Gasteiger partial charge on any atom is 0.320 e. The van der Waals surface area contributed by atoms with Crippen LogP contribution in [-0.4, -0.2) is 34.2 Å². The third-order valence-corrected chi connectivity index (χ3v) is 29.7. The van der Waals surface area contributed by atoms with Crippen molar-refractivity contribution in [2.45, 2.75) is 284 Å². The number of hydrogen-bond acceptors (Lipinski definition) is 4. The van der Waals surface area contributed by atoms with Gasteiger partial charge in [-0.05, 0) is 50.4 Å². The summed E-state index contributed by atoms with van der Waals surface area (Å²) in [6, 6.07) is 4.58. The highest BCUT2D eigenvalue weighted by atomic mass is 28.5. The SMILES string of the molecule is CCCCCCCCCC[Si]1(CCCCCCCCCC)O[Si](C)(C)O[Si](C)(C)O[Si](CCCCCCCCCC)(CCCCCCCCCC)O1. The van der Waals surface area contributed by atoms with Gasteiger partial charge in [0, 0.05) is 0 Å². The van der Waals surface area contributed by atoms with Gasteiger partial charge in [0.25, 0.3) is 0 Å². The Hall–Kier alpha value is 0.708. The zero-order valence-corrected chi connectivity index (χ0v) is 41.1. The number of rotatable bonds is 36. The van der Waals surface area contributed by atoms with Gasteiger partial charge in [-0.3, -0.25) is 0 Å². The Balaban J connectivity index is 3.21. The molecular formula is C44H96O4Si4. The summed E-state index contributed by atoms with van der Waals surface area (Å²) < 4.78 is 30.3. The molecule has 0 aromatic rings. The molecule has 312 valence electrons. The first-order chi connectivity index (χ1) is 25.1. The fourth-order valence-corrected chi connectivity index (χ4v) is 32.4. The summed E-state index contributed by atoms with van der Waals surface area (Å²) in [5.41, 5.74) is 0. The molecular weight excluding hydrogens is 705 g/mol. The summed E-state index contributed by atoms with van der Waals surface area (Å²) in [6.45, 7) is 18.5. The number of unbranched alkanes of at least 4 members (excludes halogenated alkanes) is 28. The molecule has 1 aliphatic heterocycles. The Labute approximate surface area is 332 Å². The normalized spacial score (nSPS) is 18.0. The molecule has 1 heterocycles. The quantitative estimate of drug-likeness (QED) is 0.0467. The molecule has 0 bridgehead atoms. The van der Waals surface area contributed by atoms with E-state index >= 15 is 0 Å². The highest BCUT2D eigenvalue weighted by Crippen LogP contribution is 2.41. The van der Waals surface area contributed by atoms with Crippen molar-refractivity contribution < 1.29 is 16.5 Å². The Bertz CT molecular complexity index is 694. The van der Waals surface area contributed by atoms with E-state index in [9.17, 15) is 0 Å². The lowest BCUT2D eigenvalue weighted by Gasteiger charge is -2.51. The number of hydrogen-bond donors (Lipinski definition) is 0. The Morgan fingerprint density at radius 2 is 0.423 bits per heavy atom. The van der Waals surface area contributed by atoms with Gasteiger partial charge in [-0.2, -0.15) is 0 Å². The van der Waals surface area contributed by atoms with Gasteiger partial charge in [-0.25, -0.2) is 0 Å². The van der Waals surface area contributed by atoms with E-state index in [-0.39, 0.29) is 0 Å². The van der Waals surface area contributed by atoms with Gasteiger partial charge in [-0.1, -0.05) is 233 Å². The monoisotopic (exact) mass is 801 g/mol. The predicted molar refractivity (Wildman–Crippen MR) is 240 cm³/mol. The average Bonchev–Trinajstić information content (AvgIpc) is 3.08. The summed E-state index contributed by atoms with van der Waals surface area (Å²) in [6.07, 6.45) is 43.3. The molecule has 0 spiro atoms. The molecule has 1 rings (SSSR count). The minimum atomic E-state index is -2.55. The van der Waals surface area contributed by atoms with E-state index < -0.39 is 34.2 Å². The van der Waals surface area contributed by atoms with Gasteiger partial charge in [0.2, 0.25) is 0 Å². The average molecular weight is 802 g/mol. The molecule has 1 fully saturated rings. The fraction of sp³-hybridized carbons (Fsp3) is 1.00. The van der Waals surface area contributed by atoms with Gasteiger partial charge >= 0.3 is 34.2 Å². The van der Waals surface area contributed by atoms with E-state index in [1.54, 1.807) is 0 Å². The zero-order chi connectivity index (χ0) is 38.3. The molecule has 0 saturated carbocycles. The predicted octanol–water partition coefficient (Wildman–Crippen LogP) is 16.9. The Kier molecular flexibility index (Phi) is 31.0. The highest BCUT2D eigenvalue weighted by molar-refractivity contribution is 6.94. The van der Waals surface area contributed by atoms with Crippen molar-refractivity contribution in [2.75, 3.05) is 0 Å². The van der Waals surface area contributed by atoms with Crippen LogP contribution in [0.25, 0.3) is 0 Å². The molecule has 0 aromatic heterocycles. The van der Waals surface area contributed by atoms with Crippen LogP contribution in [0.4, 0.5) is 0 Å². The highest BCUT2D eigenvalue weighted by Gasteiger charge is 2.56. The zero-order valence-electron chi connectivity index (χ0n) is 37.1. The molecule has 4 nitrogen and oxygen atoms in total. The van der Waals surface area contributed by atoms with E-state index in [4.69, 9.17) is 16.5 Å². The lowest BCUT2D eigenvalue weighted by atomic mass is 10.1. The lowest BCUT2D eigenvalue weighted by molar-refractivity contribution is 0.218. The van der Waals surface area contributed by atoms with E-state index in [1.807, 2.05) is 0 Å². The fourth-order valence-electron chi connectivity index (χ4n) is 8.68. The topological polar surface area (TPSA) is 36.9 Å². The van der Waals surface area contributed by atoms with E-state index in [0.717, 1.165) is 24.2 Å². The molecule has 0 amide bonds. The first-order valence-corrected chi connectivity index (χ1v) is 34.0. The molecule has 1 aliphatic rings. The van der Waals surface area contributed by atoms with Crippen molar-refractivity contribution in [3.63, 3.8) is 0 Å². The van der Waals surface area contributed by atoms with Crippen LogP contribution in [0.2, 0.25) is 50.4 Å². The van der Waals surface area contributed by atoms with Crippen LogP contribution in [0.15, 0.2) is 0 Å². The van der Waals surface area contributed by atoms with Gasteiger partial charge in [0.15, 0.2) is 0 Å². The third-order valence-electron chi connectivity index (χ3n) is 11.4. The molecule has 0 aliphatic carbocycles. The van der Waals surface area contributed by atoms with Gasteiger partial charge in [-0.15, -0.1) is 0 Å². The second kappa shape index (κ2) is 31.8. The van der Waals surface area contributed by atoms with E-state index in [2.05, 4.69) is 53.9 Å². The summed E-state index contributed by atoms with van der Waals surface area (Å²) in [4.78, 5) is 0. The molecule has 0 unspecified atom stereocenters. The van der Waals surface area contributed by atoms with Crippen LogP contribution in [-0.2, 0) is 16.5 Å².